The lowest BCUT2D eigenvalue weighted by Gasteiger charge is -2.37. The molecule has 0 aliphatic carbocycles. The van der Waals surface area contributed by atoms with Crippen LogP contribution in [-0.2, 0) is 0 Å². The first kappa shape index (κ1) is 22.0. The van der Waals surface area contributed by atoms with Gasteiger partial charge in [0.2, 0.25) is 0 Å². The number of methoxy groups -OCH3 is 2. The quantitative estimate of drug-likeness (QED) is 0.473. The molecule has 1 heterocycles. The van der Waals surface area contributed by atoms with Gasteiger partial charge in [0.05, 0.1) is 19.9 Å². The third kappa shape index (κ3) is 5.54. The Morgan fingerprint density at radius 3 is 2.22 bits per heavy atom. The molecular weight excluding hydrogens is 400 g/mol. The minimum atomic E-state index is -0.00412. The summed E-state index contributed by atoms with van der Waals surface area (Å²) in [6.45, 7) is 5.03. The molecule has 1 aliphatic rings. The minimum Gasteiger partial charge on any atom is -0.497 e. The van der Waals surface area contributed by atoms with Gasteiger partial charge in [-0.25, -0.2) is 0 Å². The van der Waals surface area contributed by atoms with E-state index in [-0.39, 0.29) is 6.10 Å². The average Bonchev–Trinajstić information content (AvgIpc) is 2.87. The molecule has 5 heteroatoms. The third-order valence-electron chi connectivity index (χ3n) is 6.00. The zero-order chi connectivity index (χ0) is 22.2. The molecule has 0 N–H and O–H groups in total. The Hall–Kier alpha value is -3.18. The molecule has 0 bridgehead atoms. The molecule has 1 aliphatic heterocycles. The predicted octanol–water partition coefficient (Wildman–Crippen LogP) is 5.04. The molecule has 0 amide bonds. The van der Waals surface area contributed by atoms with Gasteiger partial charge in [-0.3, -0.25) is 4.90 Å². The van der Waals surface area contributed by atoms with Crippen LogP contribution in [0.3, 0.4) is 0 Å². The van der Waals surface area contributed by atoms with E-state index in [1.807, 2.05) is 42.5 Å². The van der Waals surface area contributed by atoms with Crippen LogP contribution in [0.5, 0.6) is 17.2 Å². The maximum Gasteiger partial charge on any atom is 0.142 e. The Kier molecular flexibility index (Phi) is 7.51. The van der Waals surface area contributed by atoms with E-state index in [9.17, 15) is 0 Å². The highest BCUT2D eigenvalue weighted by Gasteiger charge is 2.21. The van der Waals surface area contributed by atoms with Crippen LogP contribution in [0.1, 0.15) is 18.1 Å². The highest BCUT2D eigenvalue weighted by atomic mass is 16.5. The highest BCUT2D eigenvalue weighted by Crippen LogP contribution is 2.30. The normalized spacial score (nSPS) is 15.2. The predicted molar refractivity (Wildman–Crippen MR) is 129 cm³/mol. The lowest BCUT2D eigenvalue weighted by atomic mass is 10.1. The zero-order valence-electron chi connectivity index (χ0n) is 18.9. The van der Waals surface area contributed by atoms with Crippen LogP contribution in [0.4, 0.5) is 5.69 Å². The second-order valence-corrected chi connectivity index (χ2v) is 7.99. The topological polar surface area (TPSA) is 34.2 Å². The second kappa shape index (κ2) is 10.9. The van der Waals surface area contributed by atoms with Gasteiger partial charge in [-0.2, -0.15) is 0 Å². The van der Waals surface area contributed by atoms with Crippen LogP contribution in [0.2, 0.25) is 0 Å². The van der Waals surface area contributed by atoms with Gasteiger partial charge < -0.3 is 19.1 Å². The van der Waals surface area contributed by atoms with E-state index in [0.717, 1.165) is 56.4 Å². The molecule has 0 spiro atoms. The molecule has 1 atom stereocenters. The Balaban J connectivity index is 1.37. The summed E-state index contributed by atoms with van der Waals surface area (Å²) in [6, 6.07) is 26.6. The molecule has 1 saturated heterocycles. The highest BCUT2D eigenvalue weighted by molar-refractivity contribution is 5.58. The van der Waals surface area contributed by atoms with Gasteiger partial charge >= 0.3 is 0 Å². The zero-order valence-corrected chi connectivity index (χ0v) is 18.9. The van der Waals surface area contributed by atoms with Gasteiger partial charge in [0.25, 0.3) is 0 Å². The van der Waals surface area contributed by atoms with Crippen molar-refractivity contribution in [2.75, 3.05) is 51.8 Å². The number of hydrogen-bond acceptors (Lipinski definition) is 5. The van der Waals surface area contributed by atoms with Gasteiger partial charge in [-0.1, -0.05) is 48.5 Å². The van der Waals surface area contributed by atoms with Crippen LogP contribution in [0.15, 0.2) is 78.9 Å². The number of benzene rings is 3. The Morgan fingerprint density at radius 2 is 1.47 bits per heavy atom. The van der Waals surface area contributed by atoms with Crippen LogP contribution in [0, 0.1) is 0 Å². The van der Waals surface area contributed by atoms with E-state index in [4.69, 9.17) is 14.2 Å². The van der Waals surface area contributed by atoms with E-state index in [0.29, 0.717) is 0 Å². The van der Waals surface area contributed by atoms with Crippen molar-refractivity contribution in [3.05, 3.63) is 84.4 Å². The minimum absolute atomic E-state index is 0.00412. The smallest absolute Gasteiger partial charge is 0.142 e. The molecule has 5 nitrogen and oxygen atoms in total. The van der Waals surface area contributed by atoms with Crippen LogP contribution < -0.4 is 19.1 Å². The third-order valence-corrected chi connectivity index (χ3v) is 6.00. The molecule has 3 aromatic rings. The summed E-state index contributed by atoms with van der Waals surface area (Å²) in [4.78, 5) is 4.94. The lowest BCUT2D eigenvalue weighted by Crippen LogP contribution is -2.47. The molecular formula is C27H32N2O3. The summed E-state index contributed by atoms with van der Waals surface area (Å²) >= 11 is 0. The Bertz CT molecular complexity index is 971. The number of hydrogen-bond donors (Lipinski definition) is 0. The van der Waals surface area contributed by atoms with Crippen molar-refractivity contribution >= 4 is 5.69 Å². The van der Waals surface area contributed by atoms with E-state index in [1.54, 1.807) is 14.2 Å². The maximum absolute atomic E-state index is 6.42. The number of para-hydroxylation sites is 2. The molecule has 0 aromatic heterocycles. The Labute approximate surface area is 191 Å². The molecule has 168 valence electrons. The maximum atomic E-state index is 6.42. The fourth-order valence-electron chi connectivity index (χ4n) is 4.20. The van der Waals surface area contributed by atoms with Gasteiger partial charge in [0, 0.05) is 45.2 Å². The summed E-state index contributed by atoms with van der Waals surface area (Å²) in [7, 11) is 3.42. The molecule has 3 aromatic carbocycles. The van der Waals surface area contributed by atoms with Gasteiger partial charge in [-0.05, 0) is 29.8 Å². The van der Waals surface area contributed by atoms with Crippen molar-refractivity contribution in [3.63, 3.8) is 0 Å². The van der Waals surface area contributed by atoms with Crippen molar-refractivity contribution in [3.8, 4) is 17.2 Å². The molecule has 1 fully saturated rings. The monoisotopic (exact) mass is 432 g/mol. The standard InChI is InChI=1S/C27H32N2O3/c1-30-23-11-8-12-24(21-23)32-26(22-9-4-3-5-10-22)15-16-28-17-19-29(20-18-28)25-13-6-7-14-27(25)31-2/h3-14,21,26H,15-20H2,1-2H3. The number of piperazine rings is 1. The number of nitrogens with zero attached hydrogens (tertiary/aromatic N) is 2. The first-order valence-electron chi connectivity index (χ1n) is 11.2. The van der Waals surface area contributed by atoms with Crippen LogP contribution >= 0.6 is 0 Å². The van der Waals surface area contributed by atoms with Crippen LogP contribution in [-0.4, -0.2) is 51.8 Å². The molecule has 32 heavy (non-hydrogen) atoms. The van der Waals surface area contributed by atoms with E-state index in [2.05, 4.69) is 46.2 Å². The number of ether oxygens (including phenoxy) is 3. The van der Waals surface area contributed by atoms with Gasteiger partial charge in [-0.15, -0.1) is 0 Å². The fraction of sp³-hybridized carbons (Fsp3) is 0.333. The number of rotatable bonds is 9. The largest absolute Gasteiger partial charge is 0.497 e. The summed E-state index contributed by atoms with van der Waals surface area (Å²) in [6.07, 6.45) is 0.922. The molecule has 0 saturated carbocycles. The van der Waals surface area contributed by atoms with Crippen molar-refractivity contribution < 1.29 is 14.2 Å². The molecule has 4 rings (SSSR count). The Morgan fingerprint density at radius 1 is 0.750 bits per heavy atom. The van der Waals surface area contributed by atoms with Gasteiger partial charge in [0.1, 0.15) is 23.4 Å². The second-order valence-electron chi connectivity index (χ2n) is 7.99. The average molecular weight is 433 g/mol. The van der Waals surface area contributed by atoms with E-state index in [1.165, 1.54) is 11.3 Å². The fourth-order valence-corrected chi connectivity index (χ4v) is 4.20. The summed E-state index contributed by atoms with van der Waals surface area (Å²) in [5.41, 5.74) is 2.38. The van der Waals surface area contributed by atoms with E-state index >= 15 is 0 Å². The molecule has 1 unspecified atom stereocenters. The first-order valence-corrected chi connectivity index (χ1v) is 11.2. The van der Waals surface area contributed by atoms with Crippen LogP contribution in [0.25, 0.3) is 0 Å². The SMILES string of the molecule is COc1cccc(OC(CCN2CCN(c3ccccc3OC)CC2)c2ccccc2)c1. The first-order chi connectivity index (χ1) is 15.8. The summed E-state index contributed by atoms with van der Waals surface area (Å²) in [5, 5.41) is 0. The van der Waals surface area contributed by atoms with Gasteiger partial charge in [0.15, 0.2) is 0 Å². The van der Waals surface area contributed by atoms with Crippen molar-refractivity contribution in [2.24, 2.45) is 0 Å². The van der Waals surface area contributed by atoms with Crippen molar-refractivity contribution in [1.82, 2.24) is 4.90 Å². The summed E-state index contributed by atoms with van der Waals surface area (Å²) in [5.74, 6) is 2.58. The molecule has 0 radical (unpaired) electrons. The van der Waals surface area contributed by atoms with Crippen molar-refractivity contribution in [2.45, 2.75) is 12.5 Å². The van der Waals surface area contributed by atoms with Crippen molar-refractivity contribution in [1.29, 1.82) is 0 Å². The lowest BCUT2D eigenvalue weighted by molar-refractivity contribution is 0.159. The number of anilines is 1. The summed E-state index contributed by atoms with van der Waals surface area (Å²) < 4.78 is 17.3. The van der Waals surface area contributed by atoms with E-state index < -0.39 is 0 Å².